The number of benzene rings is 1. The number of hydrogen-bond donors (Lipinski definition) is 1. The van der Waals surface area contributed by atoms with E-state index < -0.39 is 12.0 Å². The molecular weight excluding hydrogens is 298 g/mol. The van der Waals surface area contributed by atoms with E-state index in [0.29, 0.717) is 12.1 Å². The van der Waals surface area contributed by atoms with E-state index in [4.69, 9.17) is 0 Å². The van der Waals surface area contributed by atoms with Crippen LogP contribution in [0.25, 0.3) is 0 Å². The van der Waals surface area contributed by atoms with Crippen molar-refractivity contribution in [3.8, 4) is 0 Å². The molecule has 0 aromatic heterocycles. The van der Waals surface area contributed by atoms with Crippen LogP contribution in [0, 0.1) is 5.92 Å². The second-order valence-electron chi connectivity index (χ2n) is 4.76. The summed E-state index contributed by atoms with van der Waals surface area (Å²) in [5, 5.41) is 9.25. The first-order valence-corrected chi connectivity index (χ1v) is 6.53. The normalized spacial score (nSPS) is 16.0. The smallest absolute Gasteiger partial charge is 0.326 e. The van der Waals surface area contributed by atoms with E-state index in [2.05, 4.69) is 15.9 Å². The highest BCUT2D eigenvalue weighted by Crippen LogP contribution is 2.29. The van der Waals surface area contributed by atoms with Gasteiger partial charge >= 0.3 is 5.97 Å². The molecule has 0 radical (unpaired) electrons. The first kappa shape index (κ1) is 13.1. The van der Waals surface area contributed by atoms with Crippen molar-refractivity contribution in [3.63, 3.8) is 0 Å². The zero-order valence-electron chi connectivity index (χ0n) is 10.2. The van der Waals surface area contributed by atoms with Crippen LogP contribution in [0.15, 0.2) is 22.7 Å². The third-order valence-corrected chi connectivity index (χ3v) is 3.61. The molecule has 1 aromatic carbocycles. The van der Waals surface area contributed by atoms with Crippen LogP contribution < -0.4 is 0 Å². The Kier molecular flexibility index (Phi) is 3.43. The van der Waals surface area contributed by atoms with Gasteiger partial charge in [0.15, 0.2) is 0 Å². The fourth-order valence-corrected chi connectivity index (χ4v) is 2.72. The van der Waals surface area contributed by atoms with Gasteiger partial charge in [0.05, 0.1) is 0 Å². The summed E-state index contributed by atoms with van der Waals surface area (Å²) in [6, 6.07) is 4.63. The maximum atomic E-state index is 12.2. The predicted octanol–water partition coefficient (Wildman–Crippen LogP) is 2.51. The lowest BCUT2D eigenvalue weighted by Gasteiger charge is -2.27. The van der Waals surface area contributed by atoms with Crippen molar-refractivity contribution in [1.82, 2.24) is 4.90 Å². The minimum atomic E-state index is -0.953. The molecule has 18 heavy (non-hydrogen) atoms. The maximum Gasteiger partial charge on any atom is 0.326 e. The van der Waals surface area contributed by atoms with Gasteiger partial charge in [0.25, 0.3) is 5.91 Å². The Labute approximate surface area is 114 Å². The van der Waals surface area contributed by atoms with Gasteiger partial charge in [-0.3, -0.25) is 4.79 Å². The summed E-state index contributed by atoms with van der Waals surface area (Å²) in [7, 11) is 0. The van der Waals surface area contributed by atoms with Crippen LogP contribution in [0.5, 0.6) is 0 Å². The number of rotatable bonds is 3. The number of carbonyl (C=O) groups is 2. The average Bonchev–Trinajstić information content (AvgIpc) is 2.55. The molecule has 0 spiro atoms. The molecule has 0 fully saturated rings. The lowest BCUT2D eigenvalue weighted by molar-refractivity contribution is -0.144. The van der Waals surface area contributed by atoms with Gasteiger partial charge in [-0.25, -0.2) is 4.79 Å². The molecule has 1 N–H and O–H groups in total. The minimum Gasteiger partial charge on any atom is -0.480 e. The summed E-state index contributed by atoms with van der Waals surface area (Å²) < 4.78 is 0.896. The average molecular weight is 312 g/mol. The van der Waals surface area contributed by atoms with E-state index in [1.807, 2.05) is 19.9 Å². The van der Waals surface area contributed by atoms with Crippen LogP contribution >= 0.6 is 15.9 Å². The second kappa shape index (κ2) is 4.72. The van der Waals surface area contributed by atoms with Gasteiger partial charge in [0, 0.05) is 16.6 Å². The summed E-state index contributed by atoms with van der Waals surface area (Å²) in [6.45, 7) is 3.98. The fraction of sp³-hybridized carbons (Fsp3) is 0.385. The van der Waals surface area contributed by atoms with Gasteiger partial charge < -0.3 is 10.0 Å². The largest absolute Gasteiger partial charge is 0.480 e. The van der Waals surface area contributed by atoms with Gasteiger partial charge in [-0.05, 0) is 29.7 Å². The molecule has 1 amide bonds. The van der Waals surface area contributed by atoms with Crippen LogP contribution in [-0.4, -0.2) is 27.9 Å². The van der Waals surface area contributed by atoms with Gasteiger partial charge in [-0.2, -0.15) is 0 Å². The Balaban J connectivity index is 2.36. The number of nitrogens with zero attached hydrogens (tertiary/aromatic N) is 1. The molecular formula is C13H14BrNO3. The third-order valence-electron chi connectivity index (χ3n) is 3.12. The number of hydrogen-bond acceptors (Lipinski definition) is 2. The topological polar surface area (TPSA) is 57.6 Å². The van der Waals surface area contributed by atoms with Crippen molar-refractivity contribution in [2.24, 2.45) is 5.92 Å². The molecule has 0 saturated carbocycles. The lowest BCUT2D eigenvalue weighted by atomic mass is 10.0. The van der Waals surface area contributed by atoms with Crippen molar-refractivity contribution in [2.45, 2.75) is 26.4 Å². The first-order valence-electron chi connectivity index (χ1n) is 5.74. The zero-order valence-corrected chi connectivity index (χ0v) is 11.8. The standard InChI is InChI=1S/C13H14BrNO3/c1-7(2)11(13(17)18)15-6-8-5-9(14)3-4-10(8)12(15)16/h3-5,7,11H,6H2,1-2H3,(H,17,18)/t11-/m0/s1. The Morgan fingerprint density at radius 3 is 2.67 bits per heavy atom. The molecule has 1 aliphatic rings. The summed E-state index contributed by atoms with van der Waals surface area (Å²) in [4.78, 5) is 24.9. The highest BCUT2D eigenvalue weighted by atomic mass is 79.9. The predicted molar refractivity (Wildman–Crippen MR) is 70.3 cm³/mol. The molecule has 2 rings (SSSR count). The molecule has 0 unspecified atom stereocenters. The van der Waals surface area contributed by atoms with E-state index in [0.717, 1.165) is 10.0 Å². The minimum absolute atomic E-state index is 0.121. The molecule has 0 aliphatic carbocycles. The van der Waals surface area contributed by atoms with Crippen LogP contribution in [0.3, 0.4) is 0 Å². The summed E-state index contributed by atoms with van der Waals surface area (Å²) in [6.07, 6.45) is 0. The second-order valence-corrected chi connectivity index (χ2v) is 5.68. The van der Waals surface area contributed by atoms with E-state index >= 15 is 0 Å². The van der Waals surface area contributed by atoms with E-state index in [1.54, 1.807) is 12.1 Å². The molecule has 1 aromatic rings. The van der Waals surface area contributed by atoms with Crippen LogP contribution in [-0.2, 0) is 11.3 Å². The molecule has 4 nitrogen and oxygen atoms in total. The number of fused-ring (bicyclic) bond motifs is 1. The summed E-state index contributed by atoms with van der Waals surface area (Å²) >= 11 is 3.35. The van der Waals surface area contributed by atoms with Crippen molar-refractivity contribution in [2.75, 3.05) is 0 Å². The Morgan fingerprint density at radius 1 is 1.44 bits per heavy atom. The highest BCUT2D eigenvalue weighted by molar-refractivity contribution is 9.10. The van der Waals surface area contributed by atoms with Gasteiger partial charge in [-0.1, -0.05) is 29.8 Å². The molecule has 0 saturated heterocycles. The third kappa shape index (κ3) is 2.14. The van der Waals surface area contributed by atoms with Crippen molar-refractivity contribution in [3.05, 3.63) is 33.8 Å². The van der Waals surface area contributed by atoms with E-state index in [1.165, 1.54) is 4.90 Å². The van der Waals surface area contributed by atoms with Crippen LogP contribution in [0.1, 0.15) is 29.8 Å². The van der Waals surface area contributed by atoms with E-state index in [9.17, 15) is 14.7 Å². The number of carbonyl (C=O) groups excluding carboxylic acids is 1. The van der Waals surface area contributed by atoms with E-state index in [-0.39, 0.29) is 11.8 Å². The van der Waals surface area contributed by atoms with Crippen molar-refractivity contribution < 1.29 is 14.7 Å². The zero-order chi connectivity index (χ0) is 13.4. The molecule has 96 valence electrons. The first-order chi connectivity index (χ1) is 8.41. The van der Waals surface area contributed by atoms with Gasteiger partial charge in [0.1, 0.15) is 6.04 Å². The Morgan fingerprint density at radius 2 is 2.11 bits per heavy atom. The van der Waals surface area contributed by atoms with Crippen molar-refractivity contribution >= 4 is 27.8 Å². The summed E-state index contributed by atoms with van der Waals surface area (Å²) in [5.74, 6) is -1.27. The highest BCUT2D eigenvalue weighted by Gasteiger charge is 2.37. The SMILES string of the molecule is CC(C)[C@@H](C(=O)O)N1Cc2cc(Br)ccc2C1=O. The number of amides is 1. The molecule has 1 atom stereocenters. The molecule has 1 heterocycles. The Hall–Kier alpha value is -1.36. The number of carboxylic acid groups (broad SMARTS) is 1. The molecule has 1 aliphatic heterocycles. The monoisotopic (exact) mass is 311 g/mol. The number of carboxylic acids is 1. The van der Waals surface area contributed by atoms with Gasteiger partial charge in [0.2, 0.25) is 0 Å². The van der Waals surface area contributed by atoms with Gasteiger partial charge in [-0.15, -0.1) is 0 Å². The fourth-order valence-electron chi connectivity index (χ4n) is 2.31. The maximum absolute atomic E-state index is 12.2. The quantitative estimate of drug-likeness (QED) is 0.933. The van der Waals surface area contributed by atoms with Crippen LogP contribution in [0.4, 0.5) is 0 Å². The lowest BCUT2D eigenvalue weighted by Crippen LogP contribution is -2.44. The van der Waals surface area contributed by atoms with Crippen molar-refractivity contribution in [1.29, 1.82) is 0 Å². The number of halogens is 1. The van der Waals surface area contributed by atoms with Crippen LogP contribution in [0.2, 0.25) is 0 Å². The number of aliphatic carboxylic acids is 1. The molecule has 0 bridgehead atoms. The molecule has 5 heteroatoms. The summed E-state index contributed by atoms with van der Waals surface area (Å²) in [5.41, 5.74) is 1.48. The Bertz CT molecular complexity index is 513.